The highest BCUT2D eigenvalue weighted by molar-refractivity contribution is 5.91. The zero-order chi connectivity index (χ0) is 15.6. The Balaban J connectivity index is 2.17. The van der Waals surface area contributed by atoms with Gasteiger partial charge in [-0.15, -0.1) is 0 Å². The normalized spacial score (nSPS) is 32.9. The van der Waals surface area contributed by atoms with Gasteiger partial charge in [-0.3, -0.25) is 14.4 Å². The summed E-state index contributed by atoms with van der Waals surface area (Å²) >= 11 is 0. The fourth-order valence-electron chi connectivity index (χ4n) is 3.62. The third kappa shape index (κ3) is 3.04. The second kappa shape index (κ2) is 6.45. The Labute approximate surface area is 124 Å². The number of nitrogens with zero attached hydrogens (tertiary/aromatic N) is 1. The van der Waals surface area contributed by atoms with Crippen LogP contribution in [0.3, 0.4) is 0 Å². The summed E-state index contributed by atoms with van der Waals surface area (Å²) in [5, 5.41) is 12.1. The number of carbonyl (C=O) groups excluding carboxylic acids is 2. The van der Waals surface area contributed by atoms with Gasteiger partial charge in [-0.05, 0) is 25.2 Å². The molecule has 0 aromatic heterocycles. The summed E-state index contributed by atoms with van der Waals surface area (Å²) in [6, 6.07) is -0.457. The average Bonchev–Trinajstić information content (AvgIpc) is 2.90. The largest absolute Gasteiger partial charge is 0.481 e. The van der Waals surface area contributed by atoms with Crippen LogP contribution in [0.2, 0.25) is 0 Å². The van der Waals surface area contributed by atoms with Crippen molar-refractivity contribution in [2.24, 2.45) is 17.8 Å². The summed E-state index contributed by atoms with van der Waals surface area (Å²) in [5.41, 5.74) is 0. The molecule has 1 saturated heterocycles. The van der Waals surface area contributed by atoms with Crippen molar-refractivity contribution in [2.75, 3.05) is 13.1 Å². The van der Waals surface area contributed by atoms with Gasteiger partial charge in [0.25, 0.3) is 0 Å². The Morgan fingerprint density at radius 1 is 1.24 bits per heavy atom. The molecular weight excluding hydrogens is 272 g/mol. The van der Waals surface area contributed by atoms with E-state index in [4.69, 9.17) is 0 Å². The van der Waals surface area contributed by atoms with E-state index < -0.39 is 23.8 Å². The minimum absolute atomic E-state index is 0.131. The first-order valence-corrected chi connectivity index (χ1v) is 7.80. The average molecular weight is 296 g/mol. The second-order valence-electron chi connectivity index (χ2n) is 6.04. The standard InChI is InChI=1S/C15H24N2O4/c1-3-9-7-10(11(8-9)15(20)21)14(19)17-6-5-16-13(18)12(17)4-2/h9-12H,3-8H2,1-2H3,(H,16,18)(H,20,21)/t9?,10-,11+,12?/m0/s1. The minimum atomic E-state index is -0.890. The number of carboxylic acids is 1. The molecule has 2 unspecified atom stereocenters. The molecule has 2 N–H and O–H groups in total. The molecule has 0 aromatic carbocycles. The van der Waals surface area contributed by atoms with Gasteiger partial charge in [0.2, 0.25) is 11.8 Å². The molecule has 0 radical (unpaired) electrons. The van der Waals surface area contributed by atoms with E-state index in [1.165, 1.54) is 0 Å². The molecule has 2 fully saturated rings. The zero-order valence-electron chi connectivity index (χ0n) is 12.7. The number of amides is 2. The SMILES string of the molecule is CCC1C[C@H](C(=O)N2CCNC(=O)C2CC)[C@H](C(=O)O)C1. The molecule has 1 saturated carbocycles. The van der Waals surface area contributed by atoms with Crippen LogP contribution in [-0.4, -0.2) is 46.9 Å². The van der Waals surface area contributed by atoms with Crippen LogP contribution in [0.15, 0.2) is 0 Å². The first kappa shape index (κ1) is 15.8. The van der Waals surface area contributed by atoms with Gasteiger partial charge in [-0.25, -0.2) is 0 Å². The third-order valence-corrected chi connectivity index (χ3v) is 4.87. The van der Waals surface area contributed by atoms with E-state index in [1.807, 2.05) is 13.8 Å². The van der Waals surface area contributed by atoms with Crippen molar-refractivity contribution in [1.82, 2.24) is 10.2 Å². The summed E-state index contributed by atoms with van der Waals surface area (Å²) in [6.07, 6.45) is 2.64. The Kier molecular flexibility index (Phi) is 4.85. The van der Waals surface area contributed by atoms with Crippen LogP contribution in [0.1, 0.15) is 39.5 Å². The number of nitrogens with one attached hydrogen (secondary N) is 1. The molecule has 118 valence electrons. The third-order valence-electron chi connectivity index (χ3n) is 4.87. The van der Waals surface area contributed by atoms with Gasteiger partial charge in [0, 0.05) is 13.1 Å². The summed E-state index contributed by atoms with van der Waals surface area (Å²) in [4.78, 5) is 37.7. The van der Waals surface area contributed by atoms with Crippen LogP contribution < -0.4 is 5.32 Å². The van der Waals surface area contributed by atoms with Crippen LogP contribution in [0.5, 0.6) is 0 Å². The molecule has 2 rings (SSSR count). The smallest absolute Gasteiger partial charge is 0.307 e. The fourth-order valence-corrected chi connectivity index (χ4v) is 3.62. The number of rotatable bonds is 4. The van der Waals surface area contributed by atoms with Crippen LogP contribution >= 0.6 is 0 Å². The number of carboxylic acid groups (broad SMARTS) is 1. The molecular formula is C15H24N2O4. The molecule has 1 heterocycles. The van der Waals surface area contributed by atoms with Gasteiger partial charge in [0.1, 0.15) is 6.04 Å². The molecule has 1 aliphatic heterocycles. The van der Waals surface area contributed by atoms with Gasteiger partial charge in [0.15, 0.2) is 0 Å². The van der Waals surface area contributed by atoms with Crippen molar-refractivity contribution in [2.45, 2.75) is 45.6 Å². The fraction of sp³-hybridized carbons (Fsp3) is 0.800. The van der Waals surface area contributed by atoms with Crippen molar-refractivity contribution in [3.8, 4) is 0 Å². The molecule has 6 heteroatoms. The first-order chi connectivity index (χ1) is 9.99. The Morgan fingerprint density at radius 3 is 2.48 bits per heavy atom. The zero-order valence-corrected chi connectivity index (χ0v) is 12.7. The summed E-state index contributed by atoms with van der Waals surface area (Å²) < 4.78 is 0. The monoisotopic (exact) mass is 296 g/mol. The van der Waals surface area contributed by atoms with Gasteiger partial charge in [-0.1, -0.05) is 20.3 Å². The maximum Gasteiger partial charge on any atom is 0.307 e. The lowest BCUT2D eigenvalue weighted by molar-refractivity contribution is -0.152. The van der Waals surface area contributed by atoms with Crippen LogP contribution in [-0.2, 0) is 14.4 Å². The maximum atomic E-state index is 12.8. The number of piperazine rings is 1. The van der Waals surface area contributed by atoms with Crippen molar-refractivity contribution in [3.05, 3.63) is 0 Å². The number of carbonyl (C=O) groups is 3. The quantitative estimate of drug-likeness (QED) is 0.805. The lowest BCUT2D eigenvalue weighted by atomic mass is 9.93. The molecule has 0 bridgehead atoms. The second-order valence-corrected chi connectivity index (χ2v) is 6.04. The highest BCUT2D eigenvalue weighted by Gasteiger charge is 2.45. The predicted octanol–water partition coefficient (Wildman–Crippen LogP) is 0.860. The maximum absolute atomic E-state index is 12.8. The molecule has 6 nitrogen and oxygen atoms in total. The molecule has 21 heavy (non-hydrogen) atoms. The van der Waals surface area contributed by atoms with Crippen molar-refractivity contribution >= 4 is 17.8 Å². The van der Waals surface area contributed by atoms with Crippen LogP contribution in [0, 0.1) is 17.8 Å². The van der Waals surface area contributed by atoms with E-state index >= 15 is 0 Å². The van der Waals surface area contributed by atoms with Gasteiger partial charge in [0.05, 0.1) is 11.8 Å². The summed E-state index contributed by atoms with van der Waals surface area (Å²) in [6.45, 7) is 4.82. The van der Waals surface area contributed by atoms with E-state index in [0.29, 0.717) is 38.3 Å². The van der Waals surface area contributed by atoms with Crippen molar-refractivity contribution in [1.29, 1.82) is 0 Å². The molecule has 1 aliphatic carbocycles. The Morgan fingerprint density at radius 2 is 1.90 bits per heavy atom. The molecule has 0 spiro atoms. The van der Waals surface area contributed by atoms with Gasteiger partial charge >= 0.3 is 5.97 Å². The Hall–Kier alpha value is -1.59. The van der Waals surface area contributed by atoms with E-state index in [2.05, 4.69) is 5.32 Å². The lowest BCUT2D eigenvalue weighted by Gasteiger charge is -2.36. The lowest BCUT2D eigenvalue weighted by Crippen LogP contribution is -2.58. The van der Waals surface area contributed by atoms with Gasteiger partial charge < -0.3 is 15.3 Å². The molecule has 4 atom stereocenters. The minimum Gasteiger partial charge on any atom is -0.481 e. The topological polar surface area (TPSA) is 86.7 Å². The van der Waals surface area contributed by atoms with Crippen LogP contribution in [0.4, 0.5) is 0 Å². The summed E-state index contributed by atoms with van der Waals surface area (Å²) in [5.74, 6) is -1.97. The predicted molar refractivity (Wildman–Crippen MR) is 76.4 cm³/mol. The van der Waals surface area contributed by atoms with Crippen LogP contribution in [0.25, 0.3) is 0 Å². The summed E-state index contributed by atoms with van der Waals surface area (Å²) in [7, 11) is 0. The number of hydrogen-bond acceptors (Lipinski definition) is 3. The highest BCUT2D eigenvalue weighted by atomic mass is 16.4. The first-order valence-electron chi connectivity index (χ1n) is 7.80. The van der Waals surface area contributed by atoms with E-state index in [0.717, 1.165) is 6.42 Å². The number of aliphatic carboxylic acids is 1. The van der Waals surface area contributed by atoms with E-state index in [9.17, 15) is 19.5 Å². The Bertz CT molecular complexity index is 437. The van der Waals surface area contributed by atoms with Crippen molar-refractivity contribution in [3.63, 3.8) is 0 Å². The van der Waals surface area contributed by atoms with E-state index in [1.54, 1.807) is 4.90 Å². The molecule has 0 aromatic rings. The molecule has 2 aliphatic rings. The molecule has 2 amide bonds. The van der Waals surface area contributed by atoms with Gasteiger partial charge in [-0.2, -0.15) is 0 Å². The van der Waals surface area contributed by atoms with E-state index in [-0.39, 0.29) is 11.8 Å². The number of hydrogen-bond donors (Lipinski definition) is 2. The highest BCUT2D eigenvalue weighted by Crippen LogP contribution is 2.39. The van der Waals surface area contributed by atoms with Crippen molar-refractivity contribution < 1.29 is 19.5 Å².